The molecule has 0 unspecified atom stereocenters. The smallest absolute Gasteiger partial charge is 0.316 e. The van der Waals surface area contributed by atoms with Gasteiger partial charge >= 0.3 is 5.97 Å². The lowest BCUT2D eigenvalue weighted by molar-refractivity contribution is -0.153. The minimum Gasteiger partial charge on any atom is -0.465 e. The van der Waals surface area contributed by atoms with Crippen molar-refractivity contribution in [2.24, 2.45) is 5.92 Å². The zero-order chi connectivity index (χ0) is 18.0. The number of hydrogen-bond acceptors (Lipinski definition) is 3. The van der Waals surface area contributed by atoms with Gasteiger partial charge in [0, 0.05) is 17.0 Å². The molecule has 1 saturated carbocycles. The number of benzene rings is 1. The van der Waals surface area contributed by atoms with E-state index in [-0.39, 0.29) is 5.97 Å². The molecule has 0 N–H and O–H groups in total. The van der Waals surface area contributed by atoms with Gasteiger partial charge in [0.05, 0.1) is 12.0 Å². The minimum absolute atomic E-state index is 0.00902. The summed E-state index contributed by atoms with van der Waals surface area (Å²) in [6.45, 7) is 3.04. The van der Waals surface area contributed by atoms with Crippen LogP contribution in [-0.2, 0) is 14.9 Å². The molecule has 26 heavy (non-hydrogen) atoms. The second kappa shape index (κ2) is 7.90. The molecular weight excluding hydrogens is 346 g/mol. The number of esters is 1. The summed E-state index contributed by atoms with van der Waals surface area (Å²) in [7, 11) is 0. The fraction of sp³-hybridized carbons (Fsp3) is 0.682. The first-order valence-electron chi connectivity index (χ1n) is 10.4. The van der Waals surface area contributed by atoms with Crippen molar-refractivity contribution in [3.05, 3.63) is 34.9 Å². The van der Waals surface area contributed by atoms with Crippen LogP contribution in [0.5, 0.6) is 0 Å². The van der Waals surface area contributed by atoms with Crippen LogP contribution in [-0.4, -0.2) is 36.6 Å². The van der Waals surface area contributed by atoms with Crippen LogP contribution in [0.4, 0.5) is 0 Å². The summed E-state index contributed by atoms with van der Waals surface area (Å²) in [5, 5.41) is 0.717. The standard InChI is InChI=1S/C22H30ClNO2/c23-19-10-8-18(9-11-19)22(12-2-3-13-22)21(25)26-16-17-6-5-15-24-14-4-1-7-20(17)24/h8-11,17,20H,1-7,12-16H2/t17-,20+/m0/s1. The van der Waals surface area contributed by atoms with Crippen LogP contribution in [0.3, 0.4) is 0 Å². The van der Waals surface area contributed by atoms with Crippen LogP contribution in [0.1, 0.15) is 63.4 Å². The highest BCUT2D eigenvalue weighted by Crippen LogP contribution is 2.43. The molecule has 1 aliphatic carbocycles. The molecule has 142 valence electrons. The SMILES string of the molecule is O=C(OC[C@@H]1CCCN2CCCC[C@H]12)C1(c2ccc(Cl)cc2)CCCC1. The summed E-state index contributed by atoms with van der Waals surface area (Å²) in [5.41, 5.74) is 0.623. The third-order valence-corrected chi connectivity index (χ3v) is 7.15. The Morgan fingerprint density at radius 3 is 2.54 bits per heavy atom. The van der Waals surface area contributed by atoms with Crippen LogP contribution in [0.15, 0.2) is 24.3 Å². The van der Waals surface area contributed by atoms with Crippen LogP contribution in [0.25, 0.3) is 0 Å². The number of hydrogen-bond donors (Lipinski definition) is 0. The van der Waals surface area contributed by atoms with Crippen LogP contribution in [0, 0.1) is 5.92 Å². The van der Waals surface area contributed by atoms with E-state index in [9.17, 15) is 4.79 Å². The molecule has 3 fully saturated rings. The Balaban J connectivity index is 1.44. The highest BCUT2D eigenvalue weighted by atomic mass is 35.5. The van der Waals surface area contributed by atoms with E-state index in [0.29, 0.717) is 18.6 Å². The van der Waals surface area contributed by atoms with Gasteiger partial charge in [-0.05, 0) is 69.3 Å². The lowest BCUT2D eigenvalue weighted by atomic mass is 9.79. The van der Waals surface area contributed by atoms with Gasteiger partial charge in [0.2, 0.25) is 0 Å². The van der Waals surface area contributed by atoms with Crippen molar-refractivity contribution in [2.75, 3.05) is 19.7 Å². The van der Waals surface area contributed by atoms with Gasteiger partial charge in [0.25, 0.3) is 0 Å². The van der Waals surface area contributed by atoms with Crippen molar-refractivity contribution >= 4 is 17.6 Å². The Bertz CT molecular complexity index is 622. The van der Waals surface area contributed by atoms with Crippen molar-refractivity contribution in [1.29, 1.82) is 0 Å². The highest BCUT2D eigenvalue weighted by Gasteiger charge is 2.45. The largest absolute Gasteiger partial charge is 0.465 e. The van der Waals surface area contributed by atoms with E-state index in [1.807, 2.05) is 24.3 Å². The lowest BCUT2D eigenvalue weighted by Crippen LogP contribution is -2.49. The third-order valence-electron chi connectivity index (χ3n) is 6.90. The van der Waals surface area contributed by atoms with Crippen molar-refractivity contribution in [2.45, 2.75) is 69.2 Å². The number of rotatable bonds is 4. The number of piperidine rings is 2. The zero-order valence-corrected chi connectivity index (χ0v) is 16.3. The first kappa shape index (κ1) is 18.3. The average molecular weight is 376 g/mol. The van der Waals surface area contributed by atoms with E-state index in [1.165, 1.54) is 45.2 Å². The normalized spacial score (nSPS) is 28.5. The molecule has 0 radical (unpaired) electrons. The Morgan fingerprint density at radius 2 is 1.77 bits per heavy atom. The van der Waals surface area contributed by atoms with E-state index in [4.69, 9.17) is 16.3 Å². The van der Waals surface area contributed by atoms with Crippen LogP contribution in [0.2, 0.25) is 5.02 Å². The summed E-state index contributed by atoms with van der Waals surface area (Å²) in [5.74, 6) is 0.502. The first-order chi connectivity index (χ1) is 12.7. The van der Waals surface area contributed by atoms with Crippen molar-refractivity contribution in [3.8, 4) is 0 Å². The van der Waals surface area contributed by atoms with Crippen molar-refractivity contribution in [1.82, 2.24) is 4.90 Å². The Labute approximate surface area is 162 Å². The van der Waals surface area contributed by atoms with E-state index >= 15 is 0 Å². The minimum atomic E-state index is -0.453. The number of nitrogens with zero attached hydrogens (tertiary/aromatic N) is 1. The third kappa shape index (κ3) is 3.53. The Kier molecular flexibility index (Phi) is 5.56. The van der Waals surface area contributed by atoms with E-state index in [2.05, 4.69) is 4.90 Å². The van der Waals surface area contributed by atoms with Crippen molar-refractivity contribution < 1.29 is 9.53 Å². The molecule has 3 nitrogen and oxygen atoms in total. The monoisotopic (exact) mass is 375 g/mol. The molecule has 4 rings (SSSR count). The Morgan fingerprint density at radius 1 is 1.04 bits per heavy atom. The van der Waals surface area contributed by atoms with Gasteiger partial charge in [-0.3, -0.25) is 9.69 Å². The van der Waals surface area contributed by atoms with E-state index in [0.717, 1.165) is 36.3 Å². The Hall–Kier alpha value is -1.06. The van der Waals surface area contributed by atoms with Crippen LogP contribution < -0.4 is 0 Å². The molecule has 0 amide bonds. The quantitative estimate of drug-likeness (QED) is 0.696. The van der Waals surface area contributed by atoms with Gasteiger partial charge in [-0.2, -0.15) is 0 Å². The zero-order valence-electron chi connectivity index (χ0n) is 15.6. The molecule has 0 aromatic heterocycles. The molecule has 2 atom stereocenters. The summed E-state index contributed by atoms with van der Waals surface area (Å²) in [4.78, 5) is 15.8. The maximum atomic E-state index is 13.2. The summed E-state index contributed by atoms with van der Waals surface area (Å²) < 4.78 is 6.00. The predicted molar refractivity (Wildman–Crippen MR) is 104 cm³/mol. The van der Waals surface area contributed by atoms with E-state index in [1.54, 1.807) is 0 Å². The number of ether oxygens (including phenoxy) is 1. The number of halogens is 1. The van der Waals surface area contributed by atoms with Gasteiger partial charge in [0.15, 0.2) is 0 Å². The fourth-order valence-electron chi connectivity index (χ4n) is 5.45. The molecule has 2 saturated heterocycles. The summed E-state index contributed by atoms with van der Waals surface area (Å²) >= 11 is 6.05. The second-order valence-corrected chi connectivity index (χ2v) is 8.83. The maximum Gasteiger partial charge on any atom is 0.316 e. The molecule has 3 aliphatic rings. The molecule has 1 aromatic rings. The molecule has 1 aromatic carbocycles. The lowest BCUT2D eigenvalue weighted by Gasteiger charge is -2.44. The number of carbonyl (C=O) groups is 1. The van der Waals surface area contributed by atoms with Gasteiger partial charge in [-0.1, -0.05) is 43.0 Å². The molecular formula is C22H30ClNO2. The average Bonchev–Trinajstić information content (AvgIpc) is 3.18. The number of fused-ring (bicyclic) bond motifs is 1. The van der Waals surface area contributed by atoms with Gasteiger partial charge in [-0.25, -0.2) is 0 Å². The predicted octanol–water partition coefficient (Wildman–Crippen LogP) is 4.96. The highest BCUT2D eigenvalue weighted by molar-refractivity contribution is 6.30. The number of carbonyl (C=O) groups excluding carboxylic acids is 1. The molecule has 4 heteroatoms. The van der Waals surface area contributed by atoms with Crippen LogP contribution >= 0.6 is 11.6 Å². The van der Waals surface area contributed by atoms with Gasteiger partial charge in [0.1, 0.15) is 0 Å². The summed E-state index contributed by atoms with van der Waals surface area (Å²) in [6.07, 6.45) is 10.3. The van der Waals surface area contributed by atoms with Gasteiger partial charge in [-0.15, -0.1) is 0 Å². The first-order valence-corrected chi connectivity index (χ1v) is 10.7. The van der Waals surface area contributed by atoms with Crippen molar-refractivity contribution in [3.63, 3.8) is 0 Å². The second-order valence-electron chi connectivity index (χ2n) is 8.40. The molecule has 2 heterocycles. The topological polar surface area (TPSA) is 29.5 Å². The van der Waals surface area contributed by atoms with E-state index < -0.39 is 5.41 Å². The molecule has 2 aliphatic heterocycles. The summed E-state index contributed by atoms with van der Waals surface area (Å²) in [6, 6.07) is 8.44. The fourth-order valence-corrected chi connectivity index (χ4v) is 5.58. The molecule has 0 bridgehead atoms. The maximum absolute atomic E-state index is 13.2. The van der Waals surface area contributed by atoms with Gasteiger partial charge < -0.3 is 4.74 Å². The molecule has 0 spiro atoms.